The van der Waals surface area contributed by atoms with E-state index in [1.54, 1.807) is 4.90 Å². The van der Waals surface area contributed by atoms with E-state index in [1.165, 1.54) is 0 Å². The maximum atomic E-state index is 11.2. The Labute approximate surface area is 111 Å². The van der Waals surface area contributed by atoms with Crippen molar-refractivity contribution in [1.82, 2.24) is 4.90 Å². The summed E-state index contributed by atoms with van der Waals surface area (Å²) in [5.41, 5.74) is 5.16. The SMILES string of the molecule is CC[C@@H](C(N)=O)N1CCCC1=O.[Ca+2].[H-].[H-]. The van der Waals surface area contributed by atoms with Crippen molar-refractivity contribution in [3.8, 4) is 0 Å². The van der Waals surface area contributed by atoms with E-state index in [0.29, 0.717) is 19.4 Å². The number of amides is 2. The maximum Gasteiger partial charge on any atom is 2.00 e. The molecule has 72 valence electrons. The Morgan fingerprint density at radius 3 is 2.69 bits per heavy atom. The maximum absolute atomic E-state index is 11.2. The van der Waals surface area contributed by atoms with Gasteiger partial charge in [-0.25, -0.2) is 0 Å². The first-order chi connectivity index (χ1) is 5.66. The molecule has 1 atom stereocenters. The summed E-state index contributed by atoms with van der Waals surface area (Å²) in [5.74, 6) is -0.339. The molecule has 0 aliphatic carbocycles. The Bertz CT molecular complexity index is 217. The van der Waals surface area contributed by atoms with Gasteiger partial charge >= 0.3 is 37.7 Å². The van der Waals surface area contributed by atoms with Crippen LogP contribution in [0, 0.1) is 0 Å². The standard InChI is InChI=1S/C8H14N2O2.Ca.2H/c1-2-6(8(9)12)10-5-3-4-7(10)11;;;/h6H,2-5H2,1H3,(H2,9,12);;;/q;+2;2*-1/t6-;;;/m0.../s1. The van der Waals surface area contributed by atoms with Gasteiger partial charge in [-0.15, -0.1) is 0 Å². The number of nitrogens with zero attached hydrogens (tertiary/aromatic N) is 1. The summed E-state index contributed by atoms with van der Waals surface area (Å²) < 4.78 is 0. The fourth-order valence-corrected chi connectivity index (χ4v) is 1.57. The molecule has 0 bridgehead atoms. The van der Waals surface area contributed by atoms with E-state index in [9.17, 15) is 9.59 Å². The fraction of sp³-hybridized carbons (Fsp3) is 0.750. The van der Waals surface area contributed by atoms with Crippen LogP contribution < -0.4 is 5.73 Å². The van der Waals surface area contributed by atoms with Crippen molar-refractivity contribution in [2.45, 2.75) is 32.2 Å². The first-order valence-corrected chi connectivity index (χ1v) is 4.25. The molecule has 1 rings (SSSR count). The first-order valence-electron chi connectivity index (χ1n) is 4.25. The number of likely N-dealkylation sites (tertiary alicyclic amines) is 1. The number of hydrogen-bond donors (Lipinski definition) is 1. The van der Waals surface area contributed by atoms with Gasteiger partial charge in [-0.3, -0.25) is 9.59 Å². The van der Waals surface area contributed by atoms with Crippen LogP contribution in [0.3, 0.4) is 0 Å². The zero-order chi connectivity index (χ0) is 9.14. The molecule has 0 aromatic carbocycles. The molecular formula is C8H16CaN2O2. The van der Waals surface area contributed by atoms with Gasteiger partial charge in [0, 0.05) is 13.0 Å². The fourth-order valence-electron chi connectivity index (χ4n) is 1.57. The summed E-state index contributed by atoms with van der Waals surface area (Å²) in [4.78, 5) is 23.7. The number of hydrogen-bond acceptors (Lipinski definition) is 2. The number of primary amides is 1. The molecule has 0 spiro atoms. The van der Waals surface area contributed by atoms with Gasteiger partial charge in [0.1, 0.15) is 6.04 Å². The van der Waals surface area contributed by atoms with Crippen LogP contribution in [-0.4, -0.2) is 67.0 Å². The number of nitrogens with two attached hydrogens (primary N) is 1. The van der Waals surface area contributed by atoms with Gasteiger partial charge in [-0.1, -0.05) is 6.92 Å². The third kappa shape index (κ3) is 3.11. The smallest absolute Gasteiger partial charge is 1.00 e. The van der Waals surface area contributed by atoms with Crippen LogP contribution in [-0.2, 0) is 9.59 Å². The molecule has 0 unspecified atom stereocenters. The van der Waals surface area contributed by atoms with E-state index >= 15 is 0 Å². The van der Waals surface area contributed by atoms with E-state index in [-0.39, 0.29) is 52.5 Å². The van der Waals surface area contributed by atoms with Gasteiger partial charge in [0.25, 0.3) is 0 Å². The Hall–Kier alpha value is 0.200. The van der Waals surface area contributed by atoms with Crippen molar-refractivity contribution >= 4 is 49.6 Å². The number of rotatable bonds is 3. The molecule has 0 aromatic heterocycles. The van der Waals surface area contributed by atoms with Crippen LogP contribution in [0.1, 0.15) is 29.0 Å². The average Bonchev–Trinajstić information content (AvgIpc) is 2.38. The van der Waals surface area contributed by atoms with Gasteiger partial charge in [0.2, 0.25) is 11.8 Å². The zero-order valence-corrected chi connectivity index (χ0v) is 10.2. The summed E-state index contributed by atoms with van der Waals surface area (Å²) in [5, 5.41) is 0. The van der Waals surface area contributed by atoms with Gasteiger partial charge < -0.3 is 13.5 Å². The van der Waals surface area contributed by atoms with E-state index in [0.717, 1.165) is 6.42 Å². The molecule has 4 nitrogen and oxygen atoms in total. The van der Waals surface area contributed by atoms with Crippen molar-refractivity contribution in [3.63, 3.8) is 0 Å². The summed E-state index contributed by atoms with van der Waals surface area (Å²) in [6, 6.07) is -0.389. The topological polar surface area (TPSA) is 63.4 Å². The van der Waals surface area contributed by atoms with Crippen LogP contribution in [0.5, 0.6) is 0 Å². The molecule has 1 heterocycles. The normalized spacial score (nSPS) is 18.2. The van der Waals surface area contributed by atoms with E-state index in [2.05, 4.69) is 0 Å². The average molecular weight is 212 g/mol. The summed E-state index contributed by atoms with van der Waals surface area (Å²) >= 11 is 0. The molecule has 5 heteroatoms. The third-order valence-corrected chi connectivity index (χ3v) is 2.20. The molecule has 1 saturated heterocycles. The van der Waals surface area contributed by atoms with Crippen molar-refractivity contribution in [2.75, 3.05) is 6.54 Å². The quantitative estimate of drug-likeness (QED) is 0.654. The Kier molecular flexibility index (Phi) is 5.92. The number of carbonyl (C=O) groups excluding carboxylic acids is 2. The summed E-state index contributed by atoms with van der Waals surface area (Å²) in [6.45, 7) is 2.54. The Balaban J connectivity index is -0.000000480. The van der Waals surface area contributed by atoms with Gasteiger partial charge in [0.15, 0.2) is 0 Å². The Morgan fingerprint density at radius 1 is 1.77 bits per heavy atom. The van der Waals surface area contributed by atoms with Crippen LogP contribution in [0.15, 0.2) is 0 Å². The van der Waals surface area contributed by atoms with Crippen molar-refractivity contribution in [3.05, 3.63) is 0 Å². The van der Waals surface area contributed by atoms with Crippen LogP contribution in [0.4, 0.5) is 0 Å². The van der Waals surface area contributed by atoms with Crippen molar-refractivity contribution in [2.24, 2.45) is 5.73 Å². The van der Waals surface area contributed by atoms with Gasteiger partial charge in [0.05, 0.1) is 0 Å². The van der Waals surface area contributed by atoms with Crippen molar-refractivity contribution < 1.29 is 12.4 Å². The zero-order valence-electron chi connectivity index (χ0n) is 9.95. The molecule has 1 aliphatic rings. The minimum absolute atomic E-state index is 0. The third-order valence-electron chi connectivity index (χ3n) is 2.20. The monoisotopic (exact) mass is 212 g/mol. The second-order valence-electron chi connectivity index (χ2n) is 3.02. The molecule has 0 saturated carbocycles. The molecule has 1 fully saturated rings. The van der Waals surface area contributed by atoms with E-state index < -0.39 is 5.91 Å². The molecule has 2 amide bonds. The summed E-state index contributed by atoms with van der Waals surface area (Å²) in [6.07, 6.45) is 2.02. The molecule has 0 aromatic rings. The molecule has 1 aliphatic heterocycles. The summed E-state index contributed by atoms with van der Waals surface area (Å²) in [7, 11) is 0. The first kappa shape index (κ1) is 13.2. The molecular weight excluding hydrogens is 196 g/mol. The van der Waals surface area contributed by atoms with Crippen molar-refractivity contribution in [1.29, 1.82) is 0 Å². The number of carbonyl (C=O) groups is 2. The van der Waals surface area contributed by atoms with Gasteiger partial charge in [-0.05, 0) is 12.8 Å². The van der Waals surface area contributed by atoms with Gasteiger partial charge in [-0.2, -0.15) is 0 Å². The molecule has 2 N–H and O–H groups in total. The minimum Gasteiger partial charge on any atom is -1.00 e. The predicted octanol–water partition coefficient (Wildman–Crippen LogP) is -0.283. The molecule has 0 radical (unpaired) electrons. The minimum atomic E-state index is -0.396. The molecule has 13 heavy (non-hydrogen) atoms. The predicted molar refractivity (Wildman–Crippen MR) is 52.2 cm³/mol. The second-order valence-corrected chi connectivity index (χ2v) is 3.02. The second kappa shape index (κ2) is 5.83. The van der Waals surface area contributed by atoms with Crippen LogP contribution in [0.2, 0.25) is 0 Å². The van der Waals surface area contributed by atoms with E-state index in [4.69, 9.17) is 5.73 Å². The van der Waals surface area contributed by atoms with E-state index in [1.807, 2.05) is 6.92 Å². The largest absolute Gasteiger partial charge is 2.00 e. The van der Waals surface area contributed by atoms with Crippen LogP contribution >= 0.6 is 0 Å². The van der Waals surface area contributed by atoms with Crippen LogP contribution in [0.25, 0.3) is 0 Å². The Morgan fingerprint density at radius 2 is 2.38 bits per heavy atom.